The van der Waals surface area contributed by atoms with Crippen LogP contribution in [0.5, 0.6) is 0 Å². The largest absolute Gasteiger partial charge is 0.375 e. The highest BCUT2D eigenvalue weighted by Gasteiger charge is 2.12. The highest BCUT2D eigenvalue weighted by molar-refractivity contribution is 7.21. The normalized spacial score (nSPS) is 11.0. The van der Waals surface area contributed by atoms with Crippen LogP contribution in [0.25, 0.3) is 32.9 Å². The number of benzene rings is 1. The molecule has 4 rings (SSSR count). The second-order valence-corrected chi connectivity index (χ2v) is 6.43. The lowest BCUT2D eigenvalue weighted by Gasteiger charge is -2.08. The average Bonchev–Trinajstić information content (AvgIpc) is 2.94. The van der Waals surface area contributed by atoms with E-state index in [1.54, 1.807) is 6.20 Å². The summed E-state index contributed by atoms with van der Waals surface area (Å²) < 4.78 is 0. The molecule has 0 fully saturated rings. The Bertz CT molecular complexity index is 1010. The van der Waals surface area contributed by atoms with E-state index in [0.29, 0.717) is 10.2 Å². The van der Waals surface area contributed by atoms with Crippen molar-refractivity contribution in [2.45, 2.75) is 0 Å². The van der Waals surface area contributed by atoms with E-state index in [2.05, 4.69) is 15.0 Å². The number of halogens is 1. The van der Waals surface area contributed by atoms with Crippen molar-refractivity contribution in [2.75, 3.05) is 5.73 Å². The minimum atomic E-state index is 0.519. The summed E-state index contributed by atoms with van der Waals surface area (Å²) in [5.41, 5.74) is 10.2. The second kappa shape index (κ2) is 5.61. The zero-order chi connectivity index (χ0) is 15.8. The minimum absolute atomic E-state index is 0.519. The van der Waals surface area contributed by atoms with Crippen molar-refractivity contribution in [3.05, 3.63) is 59.8 Å². The van der Waals surface area contributed by atoms with Gasteiger partial charge in [0, 0.05) is 22.3 Å². The van der Waals surface area contributed by atoms with Crippen LogP contribution in [0, 0.1) is 0 Å². The summed E-state index contributed by atoms with van der Waals surface area (Å²) in [5, 5.41) is 1.20. The first-order chi connectivity index (χ1) is 11.2. The fourth-order valence-corrected chi connectivity index (χ4v) is 3.36. The van der Waals surface area contributed by atoms with Gasteiger partial charge in [-0.3, -0.25) is 4.98 Å². The highest BCUT2D eigenvalue weighted by atomic mass is 35.5. The summed E-state index contributed by atoms with van der Waals surface area (Å²) in [4.78, 5) is 14.3. The number of fused-ring (bicyclic) bond motifs is 1. The third kappa shape index (κ3) is 2.65. The van der Waals surface area contributed by atoms with Gasteiger partial charge in [-0.15, -0.1) is 0 Å². The molecule has 0 atom stereocenters. The Kier molecular flexibility index (Phi) is 3.44. The third-order valence-corrected chi connectivity index (χ3v) is 4.48. The lowest BCUT2D eigenvalue weighted by atomic mass is 10.0. The molecule has 4 nitrogen and oxygen atoms in total. The summed E-state index contributed by atoms with van der Waals surface area (Å²) in [6.45, 7) is 0. The number of anilines is 1. The van der Waals surface area contributed by atoms with E-state index < -0.39 is 0 Å². The molecular formula is C17H11ClN4S. The lowest BCUT2D eigenvalue weighted by molar-refractivity contribution is 1.30. The molecule has 112 valence electrons. The molecule has 3 aromatic heterocycles. The van der Waals surface area contributed by atoms with Crippen LogP contribution < -0.4 is 5.73 Å². The van der Waals surface area contributed by atoms with E-state index >= 15 is 0 Å². The lowest BCUT2D eigenvalue weighted by Crippen LogP contribution is -1.91. The zero-order valence-corrected chi connectivity index (χ0v) is 13.5. The molecule has 0 radical (unpaired) electrons. The number of hydrogen-bond donors (Lipinski definition) is 1. The molecule has 0 aliphatic rings. The Morgan fingerprint density at radius 3 is 2.78 bits per heavy atom. The number of pyridine rings is 2. The predicted molar refractivity (Wildman–Crippen MR) is 95.5 cm³/mol. The van der Waals surface area contributed by atoms with Gasteiger partial charge >= 0.3 is 0 Å². The first-order valence-corrected chi connectivity index (χ1v) is 8.14. The molecule has 0 aliphatic heterocycles. The van der Waals surface area contributed by atoms with Crippen molar-refractivity contribution in [1.29, 1.82) is 0 Å². The van der Waals surface area contributed by atoms with Gasteiger partial charge in [0.15, 0.2) is 5.13 Å². The molecule has 0 amide bonds. The van der Waals surface area contributed by atoms with Gasteiger partial charge in [0.2, 0.25) is 0 Å². The van der Waals surface area contributed by atoms with Gasteiger partial charge < -0.3 is 5.73 Å². The van der Waals surface area contributed by atoms with Gasteiger partial charge in [-0.1, -0.05) is 35.1 Å². The molecule has 4 aromatic rings. The number of nitrogen functional groups attached to an aromatic ring is 1. The topological polar surface area (TPSA) is 64.7 Å². The molecule has 3 heterocycles. The Labute approximate surface area is 141 Å². The standard InChI is InChI=1S/C17H11ClN4S/c18-11-4-1-3-10(9-11)15-12(5-2-8-20-15)13-6-7-14-16(21-13)23-17(19)22-14/h1-9H,(H2,19,22). The van der Waals surface area contributed by atoms with Crippen molar-refractivity contribution < 1.29 is 0 Å². The molecule has 0 saturated heterocycles. The van der Waals surface area contributed by atoms with Gasteiger partial charge in [0.1, 0.15) is 10.3 Å². The summed E-state index contributed by atoms with van der Waals surface area (Å²) in [5.74, 6) is 0. The summed E-state index contributed by atoms with van der Waals surface area (Å²) in [7, 11) is 0. The van der Waals surface area contributed by atoms with Gasteiger partial charge in [0.05, 0.1) is 11.4 Å². The number of nitrogens with two attached hydrogens (primary N) is 1. The smallest absolute Gasteiger partial charge is 0.182 e. The van der Waals surface area contributed by atoms with Crippen LogP contribution >= 0.6 is 22.9 Å². The maximum absolute atomic E-state index is 6.11. The fourth-order valence-electron chi connectivity index (χ4n) is 2.46. The van der Waals surface area contributed by atoms with E-state index in [1.165, 1.54) is 11.3 Å². The van der Waals surface area contributed by atoms with Crippen molar-refractivity contribution in [3.63, 3.8) is 0 Å². The third-order valence-electron chi connectivity index (χ3n) is 3.45. The van der Waals surface area contributed by atoms with Crippen LogP contribution in [-0.2, 0) is 0 Å². The highest BCUT2D eigenvalue weighted by Crippen LogP contribution is 2.32. The van der Waals surface area contributed by atoms with Crippen LogP contribution in [0.2, 0.25) is 5.02 Å². The van der Waals surface area contributed by atoms with Crippen LogP contribution in [0.3, 0.4) is 0 Å². The monoisotopic (exact) mass is 338 g/mol. The quantitative estimate of drug-likeness (QED) is 0.577. The first kappa shape index (κ1) is 14.1. The van der Waals surface area contributed by atoms with E-state index in [1.807, 2.05) is 48.5 Å². The van der Waals surface area contributed by atoms with E-state index in [0.717, 1.165) is 32.9 Å². The van der Waals surface area contributed by atoms with Crippen LogP contribution in [0.1, 0.15) is 0 Å². The van der Waals surface area contributed by atoms with E-state index in [-0.39, 0.29) is 0 Å². The molecule has 0 spiro atoms. The maximum atomic E-state index is 6.11. The zero-order valence-electron chi connectivity index (χ0n) is 11.9. The molecule has 0 saturated carbocycles. The second-order valence-electron chi connectivity index (χ2n) is 4.98. The molecule has 6 heteroatoms. The van der Waals surface area contributed by atoms with Crippen molar-refractivity contribution in [1.82, 2.24) is 15.0 Å². The van der Waals surface area contributed by atoms with Crippen molar-refractivity contribution in [3.8, 4) is 22.5 Å². The molecule has 0 aliphatic carbocycles. The van der Waals surface area contributed by atoms with Gasteiger partial charge in [-0.25, -0.2) is 9.97 Å². The average molecular weight is 339 g/mol. The molecular weight excluding hydrogens is 328 g/mol. The molecule has 0 bridgehead atoms. The van der Waals surface area contributed by atoms with E-state index in [4.69, 9.17) is 17.3 Å². The van der Waals surface area contributed by atoms with Gasteiger partial charge in [-0.05, 0) is 36.4 Å². The molecule has 2 N–H and O–H groups in total. The van der Waals surface area contributed by atoms with Crippen molar-refractivity contribution in [2.24, 2.45) is 0 Å². The Morgan fingerprint density at radius 1 is 1.00 bits per heavy atom. The number of nitrogens with zero attached hydrogens (tertiary/aromatic N) is 3. The molecule has 1 aromatic carbocycles. The first-order valence-electron chi connectivity index (χ1n) is 6.95. The van der Waals surface area contributed by atoms with E-state index in [9.17, 15) is 0 Å². The summed E-state index contributed by atoms with van der Waals surface area (Å²) >= 11 is 7.49. The number of aromatic nitrogens is 3. The van der Waals surface area contributed by atoms with Gasteiger partial charge in [-0.2, -0.15) is 0 Å². The molecule has 0 unspecified atom stereocenters. The molecule has 23 heavy (non-hydrogen) atoms. The van der Waals surface area contributed by atoms with Crippen LogP contribution in [-0.4, -0.2) is 15.0 Å². The van der Waals surface area contributed by atoms with Gasteiger partial charge in [0.25, 0.3) is 0 Å². The summed E-state index contributed by atoms with van der Waals surface area (Å²) in [6.07, 6.45) is 1.77. The minimum Gasteiger partial charge on any atom is -0.375 e. The predicted octanol–water partition coefficient (Wildman–Crippen LogP) is 4.66. The van der Waals surface area contributed by atoms with Crippen LogP contribution in [0.15, 0.2) is 54.7 Å². The van der Waals surface area contributed by atoms with Crippen molar-refractivity contribution >= 4 is 38.4 Å². The number of rotatable bonds is 2. The Balaban J connectivity index is 1.91. The fraction of sp³-hybridized carbons (Fsp3) is 0. The number of hydrogen-bond acceptors (Lipinski definition) is 5. The Hall–Kier alpha value is -2.50. The SMILES string of the molecule is Nc1nc2ccc(-c3cccnc3-c3cccc(Cl)c3)nc2s1. The maximum Gasteiger partial charge on any atom is 0.182 e. The Morgan fingerprint density at radius 2 is 1.91 bits per heavy atom. The summed E-state index contributed by atoms with van der Waals surface area (Å²) in [6, 6.07) is 15.4. The van der Waals surface area contributed by atoms with Crippen LogP contribution in [0.4, 0.5) is 5.13 Å². The number of thiazole rings is 1.